The van der Waals surface area contributed by atoms with Gasteiger partial charge in [0.2, 0.25) is 0 Å². The van der Waals surface area contributed by atoms with Gasteiger partial charge in [0.1, 0.15) is 33.4 Å². The van der Waals surface area contributed by atoms with Crippen LogP contribution in [0.1, 0.15) is 120 Å². The molecule has 10 nitrogen and oxygen atoms in total. The van der Waals surface area contributed by atoms with Crippen molar-refractivity contribution in [3.8, 4) is 22.9 Å². The summed E-state index contributed by atoms with van der Waals surface area (Å²) >= 11 is 0. The van der Waals surface area contributed by atoms with E-state index >= 15 is 0 Å². The lowest BCUT2D eigenvalue weighted by Crippen LogP contribution is -2.03. The van der Waals surface area contributed by atoms with Gasteiger partial charge in [0.15, 0.2) is 11.5 Å². The molecule has 0 radical (unpaired) electrons. The molecular formula is C45H56N8O2. The van der Waals surface area contributed by atoms with Crippen molar-refractivity contribution < 1.29 is 10.2 Å². The van der Waals surface area contributed by atoms with Gasteiger partial charge in [-0.15, -0.1) is 30.0 Å². The van der Waals surface area contributed by atoms with Crippen LogP contribution in [0.2, 0.25) is 0 Å². The molecule has 0 fully saturated rings. The predicted octanol–water partition coefficient (Wildman–Crippen LogP) is 10.3. The number of aliphatic imine (C=N–C) groups is 2. The van der Waals surface area contributed by atoms with E-state index in [4.69, 9.17) is 0 Å². The van der Waals surface area contributed by atoms with E-state index in [-0.39, 0.29) is 11.5 Å². The topological polar surface area (TPSA) is 127 Å². The quantitative estimate of drug-likeness (QED) is 0.0527. The molecule has 0 atom stereocenters. The van der Waals surface area contributed by atoms with Gasteiger partial charge in [-0.25, -0.2) is 0 Å². The summed E-state index contributed by atoms with van der Waals surface area (Å²) in [5, 5.41) is 41.3. The molecule has 288 valence electrons. The number of aromatic nitrogens is 6. The van der Waals surface area contributed by atoms with E-state index < -0.39 is 0 Å². The lowest BCUT2D eigenvalue weighted by atomic mass is 10.0. The fraction of sp³-hybridized carbons (Fsp3) is 0.422. The SMILES string of the molecule is CCCCCCCCc1cc(C=NCCCN=Cc2cc(CCCCCCCC)cc(-n3nc4ccccc4n3)c2O)c(O)c(-n2nc3ccccc3n2)c1. The fourth-order valence-corrected chi connectivity index (χ4v) is 6.93. The molecule has 2 aromatic heterocycles. The van der Waals surface area contributed by atoms with E-state index in [0.29, 0.717) is 42.0 Å². The van der Waals surface area contributed by atoms with Crippen LogP contribution in [0.25, 0.3) is 33.4 Å². The number of benzene rings is 4. The Kier molecular flexibility index (Phi) is 14.5. The average molecular weight is 741 g/mol. The molecular weight excluding hydrogens is 685 g/mol. The Bertz CT molecular complexity index is 1960. The number of aromatic hydroxyl groups is 2. The highest BCUT2D eigenvalue weighted by Gasteiger charge is 2.16. The maximum atomic E-state index is 11.4. The molecule has 0 saturated carbocycles. The van der Waals surface area contributed by atoms with Crippen LogP contribution in [0, 0.1) is 0 Å². The van der Waals surface area contributed by atoms with Crippen LogP contribution in [0.3, 0.4) is 0 Å². The molecule has 2 N–H and O–H groups in total. The third-order valence-electron chi connectivity index (χ3n) is 10.0. The second kappa shape index (κ2) is 20.3. The van der Waals surface area contributed by atoms with Gasteiger partial charge in [-0.3, -0.25) is 9.98 Å². The third-order valence-corrected chi connectivity index (χ3v) is 10.0. The Morgan fingerprint density at radius 3 is 1.24 bits per heavy atom. The Balaban J connectivity index is 1.12. The highest BCUT2D eigenvalue weighted by atomic mass is 16.3. The summed E-state index contributed by atoms with van der Waals surface area (Å²) < 4.78 is 0. The molecule has 2 heterocycles. The van der Waals surface area contributed by atoms with Crippen LogP contribution in [0.5, 0.6) is 11.5 Å². The van der Waals surface area contributed by atoms with Gasteiger partial charge in [-0.05, 0) is 91.8 Å². The molecule has 0 spiro atoms. The minimum atomic E-state index is 0.112. The van der Waals surface area contributed by atoms with E-state index in [9.17, 15) is 10.2 Å². The van der Waals surface area contributed by atoms with Gasteiger partial charge in [-0.1, -0.05) is 102 Å². The van der Waals surface area contributed by atoms with Gasteiger partial charge >= 0.3 is 0 Å². The van der Waals surface area contributed by atoms with Gasteiger partial charge in [0.05, 0.1) is 0 Å². The Labute approximate surface area is 325 Å². The van der Waals surface area contributed by atoms with Gasteiger partial charge in [0.25, 0.3) is 0 Å². The summed E-state index contributed by atoms with van der Waals surface area (Å²) in [6.45, 7) is 5.55. The van der Waals surface area contributed by atoms with Gasteiger partial charge in [0, 0.05) is 36.6 Å². The molecule has 0 aliphatic heterocycles. The predicted molar refractivity (Wildman–Crippen MR) is 225 cm³/mol. The van der Waals surface area contributed by atoms with Gasteiger partial charge < -0.3 is 10.2 Å². The van der Waals surface area contributed by atoms with E-state index in [1.54, 1.807) is 12.4 Å². The van der Waals surface area contributed by atoms with Crippen LogP contribution < -0.4 is 0 Å². The summed E-state index contributed by atoms with van der Waals surface area (Å²) in [6.07, 6.45) is 20.7. The molecule has 4 aromatic carbocycles. The number of phenolic OH excluding ortho intramolecular Hbond substituents is 2. The summed E-state index contributed by atoms with van der Waals surface area (Å²) in [7, 11) is 0. The molecule has 0 amide bonds. The molecule has 0 bridgehead atoms. The smallest absolute Gasteiger partial charge is 0.151 e. The first-order chi connectivity index (χ1) is 27.0. The molecule has 0 aliphatic rings. The minimum Gasteiger partial charge on any atom is -0.505 e. The zero-order valence-electron chi connectivity index (χ0n) is 32.6. The first kappa shape index (κ1) is 39.3. The van der Waals surface area contributed by atoms with Crippen molar-refractivity contribution in [2.24, 2.45) is 9.98 Å². The highest BCUT2D eigenvalue weighted by molar-refractivity contribution is 5.87. The van der Waals surface area contributed by atoms with Crippen molar-refractivity contribution in [2.75, 3.05) is 13.1 Å². The molecule has 55 heavy (non-hydrogen) atoms. The number of unbranched alkanes of at least 4 members (excludes halogenated alkanes) is 10. The summed E-state index contributed by atoms with van der Waals surface area (Å²) in [5.74, 6) is 0.223. The van der Waals surface area contributed by atoms with E-state index in [0.717, 1.165) is 58.9 Å². The first-order valence-electron chi connectivity index (χ1n) is 20.4. The molecule has 6 aromatic rings. The summed E-state index contributed by atoms with van der Waals surface area (Å²) in [5.41, 5.74) is 7.80. The largest absolute Gasteiger partial charge is 0.505 e. The zero-order valence-corrected chi connectivity index (χ0v) is 32.6. The molecule has 0 unspecified atom stereocenters. The second-order valence-corrected chi connectivity index (χ2v) is 14.5. The number of hydrogen-bond donors (Lipinski definition) is 2. The molecule has 0 aliphatic carbocycles. The van der Waals surface area contributed by atoms with Crippen LogP contribution in [0.4, 0.5) is 0 Å². The van der Waals surface area contributed by atoms with E-state index in [1.165, 1.54) is 73.8 Å². The van der Waals surface area contributed by atoms with Crippen molar-refractivity contribution >= 4 is 34.5 Å². The molecule has 10 heteroatoms. The van der Waals surface area contributed by atoms with Crippen molar-refractivity contribution in [1.82, 2.24) is 30.0 Å². The average Bonchev–Trinajstić information content (AvgIpc) is 3.84. The van der Waals surface area contributed by atoms with Crippen molar-refractivity contribution in [2.45, 2.75) is 110 Å². The summed E-state index contributed by atoms with van der Waals surface area (Å²) in [4.78, 5) is 12.4. The number of hydrogen-bond acceptors (Lipinski definition) is 8. The third kappa shape index (κ3) is 10.9. The van der Waals surface area contributed by atoms with Crippen LogP contribution in [0.15, 0.2) is 82.8 Å². The lowest BCUT2D eigenvalue weighted by Gasteiger charge is -2.11. The number of nitrogens with zero attached hydrogens (tertiary/aromatic N) is 8. The lowest BCUT2D eigenvalue weighted by molar-refractivity contribution is 0.466. The van der Waals surface area contributed by atoms with Crippen molar-refractivity contribution in [1.29, 1.82) is 0 Å². The fourth-order valence-electron chi connectivity index (χ4n) is 6.93. The maximum absolute atomic E-state index is 11.4. The van der Waals surface area contributed by atoms with Crippen LogP contribution in [-0.4, -0.2) is 65.7 Å². The van der Waals surface area contributed by atoms with Crippen molar-refractivity contribution in [3.05, 3.63) is 95.1 Å². The number of aryl methyl sites for hydroxylation is 2. The zero-order chi connectivity index (χ0) is 38.2. The second-order valence-electron chi connectivity index (χ2n) is 14.5. The number of phenols is 2. The Morgan fingerprint density at radius 2 is 0.855 bits per heavy atom. The van der Waals surface area contributed by atoms with E-state index in [2.05, 4.69) is 44.2 Å². The van der Waals surface area contributed by atoms with Crippen LogP contribution in [-0.2, 0) is 12.8 Å². The number of rotatable bonds is 22. The summed E-state index contributed by atoms with van der Waals surface area (Å²) in [6, 6.07) is 23.5. The Hall–Kier alpha value is -5.38. The minimum absolute atomic E-state index is 0.112. The van der Waals surface area contributed by atoms with Crippen LogP contribution >= 0.6 is 0 Å². The van der Waals surface area contributed by atoms with Gasteiger partial charge in [-0.2, -0.15) is 0 Å². The molecule has 6 rings (SSSR count). The maximum Gasteiger partial charge on any atom is 0.151 e. The monoisotopic (exact) mass is 740 g/mol. The highest BCUT2D eigenvalue weighted by Crippen LogP contribution is 2.30. The van der Waals surface area contributed by atoms with E-state index in [1.807, 2.05) is 72.8 Å². The molecule has 0 saturated heterocycles. The van der Waals surface area contributed by atoms with Crippen molar-refractivity contribution in [3.63, 3.8) is 0 Å². The standard InChI is InChI=1S/C45H56N8O2/c1-3-5-7-9-11-13-20-34-28-36(44(54)42(30-34)52-48-38-22-15-16-23-39(38)49-52)32-46-26-19-27-47-33-37-29-35(21-14-12-10-8-6-4-2)31-43(45(37)55)53-50-40-24-17-18-25-41(40)51-53/h15-18,22-25,28-33,54-55H,3-14,19-21,26-27H2,1-2H3. The number of fused-ring (bicyclic) bond motifs is 2. The normalized spacial score (nSPS) is 12.0. The Morgan fingerprint density at radius 1 is 0.491 bits per heavy atom. The first-order valence-corrected chi connectivity index (χ1v) is 20.4.